The summed E-state index contributed by atoms with van der Waals surface area (Å²) in [4.78, 5) is 5.76. The minimum atomic E-state index is -5.00. The fourth-order valence-corrected chi connectivity index (χ4v) is 9.56. The van der Waals surface area contributed by atoms with Crippen LogP contribution in [0.25, 0.3) is 43.1 Å². The summed E-state index contributed by atoms with van der Waals surface area (Å²) < 4.78 is 105. The third-order valence-corrected chi connectivity index (χ3v) is 13.8. The molecule has 0 amide bonds. The Kier molecular flexibility index (Phi) is 12.8. The zero-order chi connectivity index (χ0) is 52.0. The highest BCUT2D eigenvalue weighted by Gasteiger charge is 2.24. The van der Waals surface area contributed by atoms with Crippen molar-refractivity contribution < 1.29 is 59.3 Å². The van der Waals surface area contributed by atoms with E-state index in [9.17, 15) is 59.3 Å². The maximum atomic E-state index is 12.5. The molecule has 0 bridgehead atoms. The molecule has 73 heavy (non-hydrogen) atoms. The predicted octanol–water partition coefficient (Wildman–Crippen LogP) is 11.9. The predicted molar refractivity (Wildman–Crippen MR) is 275 cm³/mol. The number of benzene rings is 9. The number of phenols is 2. The van der Waals surface area contributed by atoms with Crippen LogP contribution in [0.4, 0.5) is 45.5 Å². The minimum absolute atomic E-state index is 0.0443. The highest BCUT2D eigenvalue weighted by Crippen LogP contribution is 2.44. The van der Waals surface area contributed by atoms with Crippen molar-refractivity contribution in [2.45, 2.75) is 21.6 Å². The van der Waals surface area contributed by atoms with Crippen molar-refractivity contribution in [1.82, 2.24) is 0 Å². The van der Waals surface area contributed by atoms with E-state index in [2.05, 4.69) is 41.1 Å². The molecule has 0 unspecified atom stereocenters. The molecule has 9 N–H and O–H groups in total. The first-order chi connectivity index (χ1) is 34.6. The number of hydrogen-bond donors (Lipinski definition) is 9. The molecule has 24 heteroatoms. The molecule has 21 nitrogen and oxygen atoms in total. The zero-order valence-corrected chi connectivity index (χ0v) is 39.8. The number of phenolic OH excluding ortho intramolecular Hbond substituents is 2. The van der Waals surface area contributed by atoms with Crippen molar-refractivity contribution in [2.75, 3.05) is 10.6 Å². The van der Waals surface area contributed by atoms with E-state index < -0.39 is 80.0 Å². The smallest absolute Gasteiger partial charge is 0.296 e. The molecule has 0 radical (unpaired) electrons. The molecule has 0 aliphatic heterocycles. The van der Waals surface area contributed by atoms with Gasteiger partial charge < -0.3 is 31.1 Å². The van der Waals surface area contributed by atoms with Crippen LogP contribution in [0, 0.1) is 6.92 Å². The van der Waals surface area contributed by atoms with Crippen molar-refractivity contribution in [2.24, 2.45) is 30.4 Å². The molecule has 0 aromatic heterocycles. The van der Waals surface area contributed by atoms with E-state index in [0.29, 0.717) is 11.4 Å². The van der Waals surface area contributed by atoms with Gasteiger partial charge in [0.2, 0.25) is 0 Å². The van der Waals surface area contributed by atoms with Crippen LogP contribution in [-0.4, -0.2) is 71.4 Å². The Bertz CT molecular complexity index is 4010. The Morgan fingerprint density at radius 2 is 0.836 bits per heavy atom. The first-order valence-corrected chi connectivity index (χ1v) is 25.5. The Morgan fingerprint density at radius 3 is 1.22 bits per heavy atom. The second-order valence-corrected chi connectivity index (χ2v) is 20.3. The normalized spacial score (nSPS) is 13.0. The number of nitrogens with one attached hydrogen (secondary N) is 2. The molecule has 9 aromatic carbocycles. The summed E-state index contributed by atoms with van der Waals surface area (Å²) in [6.07, 6.45) is 0. The molecule has 368 valence electrons. The van der Waals surface area contributed by atoms with Crippen molar-refractivity contribution in [3.63, 3.8) is 0 Å². The highest BCUT2D eigenvalue weighted by atomic mass is 32.2. The first kappa shape index (κ1) is 49.1. The maximum absolute atomic E-state index is 12.5. The van der Waals surface area contributed by atoms with Crippen LogP contribution in [0.3, 0.4) is 0 Å². The molecule has 0 saturated heterocycles. The van der Waals surface area contributed by atoms with E-state index >= 15 is 0 Å². The monoisotopic (exact) mass is 1040 g/mol. The summed E-state index contributed by atoms with van der Waals surface area (Å²) in [6.45, 7) is 1.39. The molecule has 9 rings (SSSR count). The van der Waals surface area contributed by atoms with Gasteiger partial charge in [-0.2, -0.15) is 45.5 Å². The van der Waals surface area contributed by atoms with E-state index in [4.69, 9.17) is 0 Å². The van der Waals surface area contributed by atoms with E-state index in [1.54, 1.807) is 36.4 Å². The Labute approximate surface area is 413 Å². The average molecular weight is 1040 g/mol. The molecule has 0 aliphatic carbocycles. The number of nitrogens with zero attached hydrogens (tertiary/aromatic N) is 6. The number of azo groups is 2. The number of hydrogen-bond acceptors (Lipinski definition) is 14. The fourth-order valence-electron chi connectivity index (χ4n) is 7.72. The van der Waals surface area contributed by atoms with Crippen LogP contribution < -0.4 is 10.6 Å². The quantitative estimate of drug-likeness (QED) is 0.0252. The number of aliphatic hydroxyl groups is 2. The van der Waals surface area contributed by atoms with E-state index in [1.165, 1.54) is 43.3 Å². The zero-order valence-electron chi connectivity index (χ0n) is 37.3. The largest absolute Gasteiger partial charge is 0.505 e. The Hall–Kier alpha value is -8.91. The lowest BCUT2D eigenvalue weighted by Crippen LogP contribution is -2.11. The maximum Gasteiger partial charge on any atom is 0.296 e. The standard InChI is InChI=1S/C49H36N8O13S3/c1-26-40(52-48(60)50-33-14-16-38-31(20-33)22-42(72(65,66)67)44(46(38)58)56-54-35-12-10-27-6-2-4-8-29(27)18-35)24-37(71(62,63)64)25-41(26)53-49(61)51-34-15-17-39-32(21-34)23-43(73(68,69)70)45(47(39)59)57-55-36-13-11-28-7-3-5-9-30(28)19-36/h2-25,58-59H,1H3,(H2,50,52,60)(H2,51,53,61)(H,62,63,64)(H,65,66,67)(H,68,69,70). The second kappa shape index (κ2) is 19.0. The summed E-state index contributed by atoms with van der Waals surface area (Å²) in [5, 5.41) is 69.3. The van der Waals surface area contributed by atoms with Crippen LogP contribution in [-0.2, 0) is 30.4 Å². The third kappa shape index (κ3) is 10.6. The van der Waals surface area contributed by atoms with E-state index in [1.807, 2.05) is 48.5 Å². The number of anilines is 2. The molecule has 0 spiro atoms. The summed E-state index contributed by atoms with van der Waals surface area (Å²) in [5.41, 5.74) is -0.836. The van der Waals surface area contributed by atoms with Gasteiger partial charge in [0.05, 0.1) is 27.6 Å². The minimum Gasteiger partial charge on any atom is -0.505 e. The van der Waals surface area contributed by atoms with Gasteiger partial charge in [-0.15, -0.1) is 10.2 Å². The molecular formula is C49H36N8O13S3. The average Bonchev–Trinajstić information content (AvgIpc) is 3.33. The lowest BCUT2D eigenvalue weighted by atomic mass is 10.1. The van der Waals surface area contributed by atoms with E-state index in [0.717, 1.165) is 45.8 Å². The fraction of sp³-hybridized carbons (Fsp3) is 0.0204. The van der Waals surface area contributed by atoms with Crippen molar-refractivity contribution in [3.8, 4) is 11.5 Å². The molecule has 0 aliphatic rings. The molecular weight excluding hydrogens is 1000 g/mol. The molecule has 0 heterocycles. The van der Waals surface area contributed by atoms with Gasteiger partial charge in [0.15, 0.2) is 11.5 Å². The number of rotatable bonds is 11. The third-order valence-electron chi connectivity index (χ3n) is 11.2. The molecule has 9 aromatic rings. The van der Waals surface area contributed by atoms with Crippen LogP contribution in [0.2, 0.25) is 0 Å². The summed E-state index contributed by atoms with van der Waals surface area (Å²) in [6, 6.07) is 35.1. The number of aromatic hydroxyl groups is 2. The van der Waals surface area contributed by atoms with Gasteiger partial charge in [0, 0.05) is 27.7 Å². The van der Waals surface area contributed by atoms with Crippen molar-refractivity contribution in [3.05, 3.63) is 151 Å². The molecule has 0 saturated carbocycles. The highest BCUT2D eigenvalue weighted by molar-refractivity contribution is 7.86. The van der Waals surface area contributed by atoms with Gasteiger partial charge in [-0.05, 0) is 124 Å². The van der Waals surface area contributed by atoms with Gasteiger partial charge >= 0.3 is 0 Å². The summed E-state index contributed by atoms with van der Waals surface area (Å²) in [7, 11) is -15.0. The lowest BCUT2D eigenvalue weighted by molar-refractivity contribution is 0.471. The topological polar surface area (TPSA) is 342 Å². The Balaban J connectivity index is 0.987. The molecule has 0 atom stereocenters. The van der Waals surface area contributed by atoms with Gasteiger partial charge in [-0.3, -0.25) is 13.7 Å². The van der Waals surface area contributed by atoms with Crippen LogP contribution >= 0.6 is 0 Å². The van der Waals surface area contributed by atoms with Crippen molar-refractivity contribution in [1.29, 1.82) is 0 Å². The lowest BCUT2D eigenvalue weighted by Gasteiger charge is -2.12. The number of fused-ring (bicyclic) bond motifs is 4. The van der Waals surface area contributed by atoms with Gasteiger partial charge in [0.25, 0.3) is 42.4 Å². The van der Waals surface area contributed by atoms with Crippen LogP contribution in [0.5, 0.6) is 11.5 Å². The van der Waals surface area contributed by atoms with Gasteiger partial charge in [-0.1, -0.05) is 60.7 Å². The van der Waals surface area contributed by atoms with E-state index in [-0.39, 0.29) is 49.9 Å². The Morgan fingerprint density at radius 1 is 0.438 bits per heavy atom. The molecule has 0 fully saturated rings. The van der Waals surface area contributed by atoms with Gasteiger partial charge in [-0.25, -0.2) is 0 Å². The van der Waals surface area contributed by atoms with Gasteiger partial charge in [0.1, 0.15) is 21.2 Å². The summed E-state index contributed by atoms with van der Waals surface area (Å²) >= 11 is 0. The van der Waals surface area contributed by atoms with Crippen LogP contribution in [0.1, 0.15) is 5.56 Å². The van der Waals surface area contributed by atoms with Crippen molar-refractivity contribution >= 4 is 131 Å². The number of aliphatic hydroxyl groups excluding tert-OH is 2. The number of aliphatic imine (C=N–C) groups is 2. The SMILES string of the molecule is Cc1c(N=C(O)Nc2ccc3c(O)c(N=Nc4ccc5ccccc5c4)c(S(=O)(=O)O)cc3c2)cc(S(=O)(=O)O)cc1N=C(O)Nc1ccc2c(O)c(N=Nc3ccc4ccccc4c3)c(S(=O)(=O)O)cc2c1. The second-order valence-electron chi connectivity index (χ2n) is 16.1. The van der Waals surface area contributed by atoms with Crippen LogP contribution in [0.15, 0.2) is 191 Å². The number of amidine groups is 2. The summed E-state index contributed by atoms with van der Waals surface area (Å²) in [5.74, 6) is -1.28. The first-order valence-electron chi connectivity index (χ1n) is 21.2.